The number of pyridine rings is 1. The minimum absolute atomic E-state index is 0.0609. The van der Waals surface area contributed by atoms with Crippen LogP contribution in [0.25, 0.3) is 16.5 Å². The molecule has 5 heteroatoms. The van der Waals surface area contributed by atoms with E-state index in [1.54, 1.807) is 30.5 Å². The number of nitrogens with zero attached hydrogens (tertiary/aromatic N) is 1. The molecular weight excluding hydrogens is 329 g/mol. The second kappa shape index (κ2) is 5.72. The maximum atomic E-state index is 14.6. The molecule has 122 valence electrons. The quantitative estimate of drug-likeness (QED) is 0.776. The van der Waals surface area contributed by atoms with Crippen molar-refractivity contribution in [2.45, 2.75) is 25.4 Å². The molecular formula is C19H15ClFNO2. The van der Waals surface area contributed by atoms with Gasteiger partial charge in [-0.25, -0.2) is 4.39 Å². The minimum atomic E-state index is -0.499. The summed E-state index contributed by atoms with van der Waals surface area (Å²) in [5.41, 5.74) is 1.40. The van der Waals surface area contributed by atoms with Crippen LogP contribution in [-0.4, -0.2) is 9.67 Å². The molecule has 3 aromatic rings. The van der Waals surface area contributed by atoms with Gasteiger partial charge >= 0.3 is 0 Å². The third kappa shape index (κ3) is 2.43. The Balaban J connectivity index is 1.97. The second-order valence-electron chi connectivity index (χ2n) is 6.13. The van der Waals surface area contributed by atoms with Crippen LogP contribution in [0.2, 0.25) is 5.02 Å². The van der Waals surface area contributed by atoms with Gasteiger partial charge in [-0.2, -0.15) is 0 Å². The SMILES string of the molecule is O=c1c2c(F)cc(C3CC3)cc2ccn1-c1cccc(Cl)c1CO. The molecule has 1 saturated carbocycles. The Morgan fingerprint density at radius 1 is 1.25 bits per heavy atom. The Kier molecular flexibility index (Phi) is 3.66. The summed E-state index contributed by atoms with van der Waals surface area (Å²) in [5.74, 6) is -0.0819. The second-order valence-corrected chi connectivity index (χ2v) is 6.53. The average Bonchev–Trinajstić information content (AvgIpc) is 3.39. The van der Waals surface area contributed by atoms with E-state index in [9.17, 15) is 14.3 Å². The van der Waals surface area contributed by atoms with Gasteiger partial charge in [0.2, 0.25) is 0 Å². The van der Waals surface area contributed by atoms with Gasteiger partial charge in [-0.05, 0) is 54.0 Å². The van der Waals surface area contributed by atoms with Gasteiger partial charge < -0.3 is 5.11 Å². The topological polar surface area (TPSA) is 42.2 Å². The molecule has 0 unspecified atom stereocenters. The largest absolute Gasteiger partial charge is 0.392 e. The summed E-state index contributed by atoms with van der Waals surface area (Å²) in [6.07, 6.45) is 3.75. The highest BCUT2D eigenvalue weighted by Gasteiger charge is 2.25. The van der Waals surface area contributed by atoms with Crippen molar-refractivity contribution < 1.29 is 9.50 Å². The molecule has 1 heterocycles. The highest BCUT2D eigenvalue weighted by molar-refractivity contribution is 6.31. The van der Waals surface area contributed by atoms with Crippen LogP contribution < -0.4 is 5.56 Å². The predicted molar refractivity (Wildman–Crippen MR) is 92.4 cm³/mol. The molecule has 0 spiro atoms. The fraction of sp³-hybridized carbons (Fsp3) is 0.211. The first kappa shape index (κ1) is 15.4. The van der Waals surface area contributed by atoms with Crippen molar-refractivity contribution in [1.29, 1.82) is 0 Å². The fourth-order valence-corrected chi connectivity index (χ4v) is 3.35. The van der Waals surface area contributed by atoms with E-state index in [2.05, 4.69) is 0 Å². The van der Waals surface area contributed by atoms with Crippen molar-refractivity contribution >= 4 is 22.4 Å². The highest BCUT2D eigenvalue weighted by atomic mass is 35.5. The van der Waals surface area contributed by atoms with Crippen LogP contribution in [0.5, 0.6) is 0 Å². The summed E-state index contributed by atoms with van der Waals surface area (Å²) in [7, 11) is 0. The van der Waals surface area contributed by atoms with Crippen molar-refractivity contribution in [2.75, 3.05) is 0 Å². The van der Waals surface area contributed by atoms with Crippen molar-refractivity contribution in [2.24, 2.45) is 0 Å². The zero-order valence-corrected chi connectivity index (χ0v) is 13.6. The van der Waals surface area contributed by atoms with Gasteiger partial charge in [0.1, 0.15) is 5.82 Å². The Hall–Kier alpha value is -2.17. The lowest BCUT2D eigenvalue weighted by molar-refractivity contribution is 0.281. The Bertz CT molecular complexity index is 1010. The lowest BCUT2D eigenvalue weighted by Gasteiger charge is -2.13. The van der Waals surface area contributed by atoms with E-state index >= 15 is 0 Å². The first-order valence-corrected chi connectivity index (χ1v) is 8.21. The third-order valence-electron chi connectivity index (χ3n) is 4.54. The maximum absolute atomic E-state index is 14.6. The molecule has 1 N–H and O–H groups in total. The number of hydrogen-bond donors (Lipinski definition) is 1. The number of rotatable bonds is 3. The number of aromatic nitrogens is 1. The van der Waals surface area contributed by atoms with Gasteiger partial charge in [-0.1, -0.05) is 23.7 Å². The van der Waals surface area contributed by atoms with E-state index in [-0.39, 0.29) is 12.0 Å². The molecule has 2 aromatic carbocycles. The molecule has 1 fully saturated rings. The van der Waals surface area contributed by atoms with Crippen molar-refractivity contribution in [1.82, 2.24) is 4.57 Å². The summed E-state index contributed by atoms with van der Waals surface area (Å²) in [6, 6.07) is 10.1. The molecule has 0 aliphatic heterocycles. The van der Waals surface area contributed by atoms with Gasteiger partial charge in [0.05, 0.1) is 17.7 Å². The van der Waals surface area contributed by atoms with Crippen molar-refractivity contribution in [3.8, 4) is 5.69 Å². The number of benzene rings is 2. The van der Waals surface area contributed by atoms with Crippen LogP contribution in [0.1, 0.15) is 29.9 Å². The fourth-order valence-electron chi connectivity index (χ4n) is 3.12. The molecule has 3 nitrogen and oxygen atoms in total. The smallest absolute Gasteiger partial charge is 0.265 e. The van der Waals surface area contributed by atoms with E-state index < -0.39 is 11.4 Å². The molecule has 4 rings (SSSR count). The molecule has 0 amide bonds. The van der Waals surface area contributed by atoms with Gasteiger partial charge in [-0.3, -0.25) is 9.36 Å². The molecule has 0 saturated heterocycles. The Labute approximate surface area is 142 Å². The van der Waals surface area contributed by atoms with Crippen LogP contribution in [0, 0.1) is 5.82 Å². The van der Waals surface area contributed by atoms with Crippen molar-refractivity contribution in [3.05, 3.63) is 74.9 Å². The normalized spacial score (nSPS) is 14.3. The van der Waals surface area contributed by atoms with Gasteiger partial charge in [0.25, 0.3) is 5.56 Å². The lowest BCUT2D eigenvalue weighted by atomic mass is 10.0. The van der Waals surface area contributed by atoms with Crippen LogP contribution in [0.4, 0.5) is 4.39 Å². The highest BCUT2D eigenvalue weighted by Crippen LogP contribution is 2.41. The van der Waals surface area contributed by atoms with Gasteiger partial charge in [0.15, 0.2) is 0 Å². The number of aliphatic hydroxyl groups is 1. The summed E-state index contributed by atoms with van der Waals surface area (Å²) in [4.78, 5) is 12.8. The molecule has 0 radical (unpaired) electrons. The van der Waals surface area contributed by atoms with E-state index in [1.807, 2.05) is 6.07 Å². The number of halogens is 2. The van der Waals surface area contributed by atoms with E-state index in [1.165, 1.54) is 10.6 Å². The predicted octanol–water partition coefficient (Wildman–Crippen LogP) is 4.15. The Morgan fingerprint density at radius 3 is 2.75 bits per heavy atom. The Morgan fingerprint density at radius 2 is 2.04 bits per heavy atom. The first-order chi connectivity index (χ1) is 11.6. The van der Waals surface area contributed by atoms with Crippen LogP contribution in [0.15, 0.2) is 47.4 Å². The first-order valence-electron chi connectivity index (χ1n) is 7.83. The maximum Gasteiger partial charge on any atom is 0.265 e. The van der Waals surface area contributed by atoms with Crippen LogP contribution in [0.3, 0.4) is 0 Å². The molecule has 1 aromatic heterocycles. The van der Waals surface area contributed by atoms with E-state index in [0.717, 1.165) is 18.4 Å². The summed E-state index contributed by atoms with van der Waals surface area (Å²) in [6.45, 7) is -0.303. The summed E-state index contributed by atoms with van der Waals surface area (Å²) < 4.78 is 15.9. The summed E-state index contributed by atoms with van der Waals surface area (Å²) >= 11 is 6.09. The van der Waals surface area contributed by atoms with Crippen molar-refractivity contribution in [3.63, 3.8) is 0 Å². The zero-order chi connectivity index (χ0) is 16.8. The number of hydrogen-bond acceptors (Lipinski definition) is 2. The van der Waals surface area contributed by atoms with Gasteiger partial charge in [0, 0.05) is 16.8 Å². The molecule has 1 aliphatic carbocycles. The van der Waals surface area contributed by atoms with Gasteiger partial charge in [-0.15, -0.1) is 0 Å². The minimum Gasteiger partial charge on any atom is -0.392 e. The monoisotopic (exact) mass is 343 g/mol. The van der Waals surface area contributed by atoms with Crippen LogP contribution >= 0.6 is 11.6 Å². The lowest BCUT2D eigenvalue weighted by Crippen LogP contribution is -2.20. The van der Waals surface area contributed by atoms with Crippen LogP contribution in [-0.2, 0) is 6.61 Å². The third-order valence-corrected chi connectivity index (χ3v) is 4.89. The standard InChI is InChI=1S/C19H15ClFNO2/c20-15-2-1-3-17(14(15)10-23)22-7-6-12-8-13(11-4-5-11)9-16(21)18(12)19(22)24/h1-3,6-9,11,23H,4-5,10H2. The summed E-state index contributed by atoms with van der Waals surface area (Å²) in [5, 5.41) is 10.6. The zero-order valence-electron chi connectivity index (χ0n) is 12.8. The average molecular weight is 344 g/mol. The van der Waals surface area contributed by atoms with E-state index in [0.29, 0.717) is 27.6 Å². The number of aliphatic hydroxyl groups excluding tert-OH is 1. The number of fused-ring (bicyclic) bond motifs is 1. The molecule has 0 atom stereocenters. The van der Waals surface area contributed by atoms with E-state index in [4.69, 9.17) is 11.6 Å². The molecule has 0 bridgehead atoms. The molecule has 24 heavy (non-hydrogen) atoms. The molecule has 1 aliphatic rings.